The van der Waals surface area contributed by atoms with Gasteiger partial charge in [-0.05, 0) is 42.8 Å². The third kappa shape index (κ3) is 3.62. The van der Waals surface area contributed by atoms with E-state index in [1.165, 1.54) is 12.1 Å². The third-order valence-electron chi connectivity index (χ3n) is 3.02. The molecule has 2 aromatic rings. The van der Waals surface area contributed by atoms with Crippen molar-refractivity contribution in [2.24, 2.45) is 0 Å². The number of carbonyl (C=O) groups excluding carboxylic acids is 1. The molecule has 0 aromatic heterocycles. The van der Waals surface area contributed by atoms with Gasteiger partial charge in [0.1, 0.15) is 0 Å². The van der Waals surface area contributed by atoms with Crippen LogP contribution in [-0.2, 0) is 0 Å². The van der Waals surface area contributed by atoms with Crippen molar-refractivity contribution in [3.05, 3.63) is 56.5 Å². The van der Waals surface area contributed by atoms with E-state index in [0.717, 1.165) is 11.3 Å². The minimum Gasteiger partial charge on any atom is -0.388 e. The normalized spacial score (nSPS) is 10.3. The van der Waals surface area contributed by atoms with Crippen LogP contribution in [0.5, 0.6) is 0 Å². The van der Waals surface area contributed by atoms with Gasteiger partial charge in [-0.25, -0.2) is 0 Å². The molecule has 21 heavy (non-hydrogen) atoms. The van der Waals surface area contributed by atoms with Crippen LogP contribution in [0.25, 0.3) is 0 Å². The number of aryl methyl sites for hydroxylation is 1. The number of nitrogens with one attached hydrogen (secondary N) is 2. The summed E-state index contributed by atoms with van der Waals surface area (Å²) in [5, 5.41) is 6.78. The van der Waals surface area contributed by atoms with Crippen LogP contribution in [-0.4, -0.2) is 13.0 Å². The summed E-state index contributed by atoms with van der Waals surface area (Å²) in [6.07, 6.45) is 0. The van der Waals surface area contributed by atoms with E-state index in [1.54, 1.807) is 12.1 Å². The monoisotopic (exact) mass is 342 g/mol. The Kier molecular flexibility index (Phi) is 4.99. The molecule has 0 heterocycles. The summed E-state index contributed by atoms with van der Waals surface area (Å²) in [4.78, 5) is 12.2. The predicted octanol–water partition coefficient (Wildman–Crippen LogP) is 5.25. The van der Waals surface area contributed by atoms with E-state index in [0.29, 0.717) is 26.3 Å². The van der Waals surface area contributed by atoms with Gasteiger partial charge in [-0.1, -0.05) is 34.8 Å². The molecule has 0 bridgehead atoms. The van der Waals surface area contributed by atoms with Gasteiger partial charge < -0.3 is 10.6 Å². The fraction of sp³-hybridized carbons (Fsp3) is 0.133. The van der Waals surface area contributed by atoms with Crippen molar-refractivity contribution in [1.82, 2.24) is 0 Å². The Hall–Kier alpha value is -1.42. The van der Waals surface area contributed by atoms with E-state index in [2.05, 4.69) is 10.6 Å². The van der Waals surface area contributed by atoms with E-state index >= 15 is 0 Å². The number of rotatable bonds is 3. The fourth-order valence-corrected chi connectivity index (χ4v) is 2.49. The van der Waals surface area contributed by atoms with Crippen molar-refractivity contribution in [3.8, 4) is 0 Å². The fourth-order valence-electron chi connectivity index (χ4n) is 1.90. The summed E-state index contributed by atoms with van der Waals surface area (Å²) in [5.41, 5.74) is 2.91. The van der Waals surface area contributed by atoms with Crippen molar-refractivity contribution < 1.29 is 4.79 Å². The van der Waals surface area contributed by atoms with Crippen molar-refractivity contribution in [2.45, 2.75) is 6.92 Å². The molecule has 0 radical (unpaired) electrons. The molecule has 6 heteroatoms. The molecule has 0 saturated heterocycles. The smallest absolute Gasteiger partial charge is 0.255 e. The maximum absolute atomic E-state index is 12.2. The van der Waals surface area contributed by atoms with Gasteiger partial charge in [0.2, 0.25) is 0 Å². The van der Waals surface area contributed by atoms with E-state index in [1.807, 2.05) is 20.0 Å². The quantitative estimate of drug-likeness (QED) is 0.747. The number of anilines is 2. The first kappa shape index (κ1) is 16.0. The summed E-state index contributed by atoms with van der Waals surface area (Å²) in [5.74, 6) is -0.263. The van der Waals surface area contributed by atoms with Crippen LogP contribution >= 0.6 is 34.8 Å². The van der Waals surface area contributed by atoms with Gasteiger partial charge in [-0.15, -0.1) is 0 Å². The molecule has 2 rings (SSSR count). The number of halogens is 3. The second-order valence-corrected chi connectivity index (χ2v) is 5.70. The number of hydrogen-bond acceptors (Lipinski definition) is 2. The van der Waals surface area contributed by atoms with Crippen LogP contribution in [0.15, 0.2) is 30.3 Å². The standard InChI is InChI=1S/C15H13Cl3N2O/c1-8-5-9(3-4-13(8)19-2)15(21)20-14-7-11(17)10(16)6-12(14)18/h3-7,19H,1-2H3,(H,20,21). The summed E-state index contributed by atoms with van der Waals surface area (Å²) in [6.45, 7) is 1.93. The zero-order valence-electron chi connectivity index (χ0n) is 11.4. The zero-order valence-corrected chi connectivity index (χ0v) is 13.7. The van der Waals surface area contributed by atoms with E-state index in [-0.39, 0.29) is 5.91 Å². The summed E-state index contributed by atoms with van der Waals surface area (Å²) < 4.78 is 0. The molecule has 0 saturated carbocycles. The summed E-state index contributed by atoms with van der Waals surface area (Å²) >= 11 is 17.8. The van der Waals surface area contributed by atoms with Gasteiger partial charge in [-0.2, -0.15) is 0 Å². The number of amides is 1. The van der Waals surface area contributed by atoms with Gasteiger partial charge in [0, 0.05) is 18.3 Å². The first-order valence-electron chi connectivity index (χ1n) is 6.16. The lowest BCUT2D eigenvalue weighted by molar-refractivity contribution is 0.102. The molecular weight excluding hydrogens is 331 g/mol. The molecule has 0 aliphatic rings. The van der Waals surface area contributed by atoms with Crippen molar-refractivity contribution in [1.29, 1.82) is 0 Å². The van der Waals surface area contributed by atoms with Gasteiger partial charge in [0.25, 0.3) is 5.91 Å². The van der Waals surface area contributed by atoms with Crippen LogP contribution in [0.3, 0.4) is 0 Å². The van der Waals surface area contributed by atoms with E-state index in [9.17, 15) is 4.79 Å². The van der Waals surface area contributed by atoms with Crippen LogP contribution in [0.1, 0.15) is 15.9 Å². The Bertz CT molecular complexity index is 702. The Morgan fingerprint density at radius 3 is 2.24 bits per heavy atom. The zero-order chi connectivity index (χ0) is 15.6. The van der Waals surface area contributed by atoms with Crippen molar-refractivity contribution in [2.75, 3.05) is 17.7 Å². The van der Waals surface area contributed by atoms with Gasteiger partial charge in [0.05, 0.1) is 20.8 Å². The minimum absolute atomic E-state index is 0.263. The Labute approximate surface area is 138 Å². The minimum atomic E-state index is -0.263. The summed E-state index contributed by atoms with van der Waals surface area (Å²) in [6, 6.07) is 8.41. The van der Waals surface area contributed by atoms with Crippen LogP contribution < -0.4 is 10.6 Å². The van der Waals surface area contributed by atoms with Crippen molar-refractivity contribution >= 4 is 52.1 Å². The highest BCUT2D eigenvalue weighted by Crippen LogP contribution is 2.32. The first-order valence-corrected chi connectivity index (χ1v) is 7.30. The molecule has 110 valence electrons. The maximum Gasteiger partial charge on any atom is 0.255 e. The van der Waals surface area contributed by atoms with Crippen LogP contribution in [0.4, 0.5) is 11.4 Å². The maximum atomic E-state index is 12.2. The van der Waals surface area contributed by atoms with Gasteiger partial charge in [-0.3, -0.25) is 4.79 Å². The average molecular weight is 344 g/mol. The van der Waals surface area contributed by atoms with Crippen LogP contribution in [0.2, 0.25) is 15.1 Å². The number of benzene rings is 2. The molecule has 0 aliphatic carbocycles. The predicted molar refractivity (Wildman–Crippen MR) is 90.2 cm³/mol. The highest BCUT2D eigenvalue weighted by molar-refractivity contribution is 6.44. The largest absolute Gasteiger partial charge is 0.388 e. The third-order valence-corrected chi connectivity index (χ3v) is 4.05. The SMILES string of the molecule is CNc1ccc(C(=O)Nc2cc(Cl)c(Cl)cc2Cl)cc1C. The van der Waals surface area contributed by atoms with E-state index < -0.39 is 0 Å². The van der Waals surface area contributed by atoms with Gasteiger partial charge >= 0.3 is 0 Å². The second kappa shape index (κ2) is 6.56. The topological polar surface area (TPSA) is 41.1 Å². The lowest BCUT2D eigenvalue weighted by atomic mass is 10.1. The van der Waals surface area contributed by atoms with E-state index in [4.69, 9.17) is 34.8 Å². The molecule has 0 aliphatic heterocycles. The van der Waals surface area contributed by atoms with Crippen molar-refractivity contribution in [3.63, 3.8) is 0 Å². The first-order chi connectivity index (χ1) is 9.92. The Morgan fingerprint density at radius 1 is 0.952 bits per heavy atom. The highest BCUT2D eigenvalue weighted by Gasteiger charge is 2.12. The summed E-state index contributed by atoms with van der Waals surface area (Å²) in [7, 11) is 1.83. The number of carbonyl (C=O) groups is 1. The average Bonchev–Trinajstić information content (AvgIpc) is 2.44. The highest BCUT2D eigenvalue weighted by atomic mass is 35.5. The van der Waals surface area contributed by atoms with Crippen LogP contribution in [0, 0.1) is 6.92 Å². The molecule has 3 nitrogen and oxygen atoms in total. The molecule has 2 N–H and O–H groups in total. The lowest BCUT2D eigenvalue weighted by Gasteiger charge is -2.11. The Morgan fingerprint density at radius 2 is 1.62 bits per heavy atom. The lowest BCUT2D eigenvalue weighted by Crippen LogP contribution is -2.12. The number of hydrogen-bond donors (Lipinski definition) is 2. The molecular formula is C15H13Cl3N2O. The molecule has 1 amide bonds. The Balaban J connectivity index is 2.26. The second-order valence-electron chi connectivity index (χ2n) is 4.48. The molecule has 0 spiro atoms. The molecule has 0 unspecified atom stereocenters. The van der Waals surface area contributed by atoms with Gasteiger partial charge in [0.15, 0.2) is 0 Å². The molecule has 2 aromatic carbocycles. The molecule has 0 atom stereocenters. The molecule has 0 fully saturated rings.